The normalized spacial score (nSPS) is 10.2. The van der Waals surface area contributed by atoms with Crippen molar-refractivity contribution in [3.63, 3.8) is 0 Å². The molecule has 1 N–H and O–H groups in total. The van der Waals surface area contributed by atoms with Gasteiger partial charge in [-0.3, -0.25) is 0 Å². The number of ether oxygens (including phenoxy) is 2. The Labute approximate surface area is 157 Å². The smallest absolute Gasteiger partial charge is 0.173 e. The number of benzene rings is 2. The van der Waals surface area contributed by atoms with Gasteiger partial charge in [0, 0.05) is 22.8 Å². The van der Waals surface area contributed by atoms with Gasteiger partial charge in [-0.1, -0.05) is 23.2 Å². The predicted octanol–water partition coefficient (Wildman–Crippen LogP) is 4.71. The molecule has 0 bridgehead atoms. The van der Waals surface area contributed by atoms with Crippen LogP contribution in [0.3, 0.4) is 0 Å². The number of nitrogens with one attached hydrogen (secondary N) is 1. The van der Waals surface area contributed by atoms with Crippen LogP contribution in [-0.4, -0.2) is 37.3 Å². The van der Waals surface area contributed by atoms with Crippen molar-refractivity contribution in [2.75, 3.05) is 32.6 Å². The number of hydrogen-bond donors (Lipinski definition) is 1. The maximum Gasteiger partial charge on any atom is 0.173 e. The molecule has 24 heavy (non-hydrogen) atoms. The van der Waals surface area contributed by atoms with Crippen molar-refractivity contribution in [3.8, 4) is 11.5 Å². The Morgan fingerprint density at radius 3 is 2.25 bits per heavy atom. The van der Waals surface area contributed by atoms with Crippen LogP contribution in [0.1, 0.15) is 0 Å². The maximum absolute atomic E-state index is 5.98. The van der Waals surface area contributed by atoms with E-state index in [1.807, 2.05) is 36.2 Å². The Kier molecular flexibility index (Phi) is 6.97. The number of halogens is 2. The highest BCUT2D eigenvalue weighted by atomic mass is 35.5. The molecule has 0 saturated heterocycles. The molecule has 4 nitrogen and oxygen atoms in total. The third kappa shape index (κ3) is 5.74. The summed E-state index contributed by atoms with van der Waals surface area (Å²) in [5, 5.41) is 4.77. The molecule has 7 heteroatoms. The van der Waals surface area contributed by atoms with Crippen LogP contribution in [0.4, 0.5) is 5.69 Å². The van der Waals surface area contributed by atoms with Gasteiger partial charge in [0.1, 0.15) is 18.1 Å². The van der Waals surface area contributed by atoms with E-state index in [1.54, 1.807) is 25.3 Å². The van der Waals surface area contributed by atoms with Crippen LogP contribution in [0.25, 0.3) is 0 Å². The standard InChI is InChI=1S/C17H18Cl2N2O2S/c1-21(7-8-23-16-5-3-15(22-2)4-6-16)17(24)20-14-10-12(18)9-13(19)11-14/h3-6,9-11H,7-8H2,1-2H3,(H,20,24). The van der Waals surface area contributed by atoms with Crippen molar-refractivity contribution >= 4 is 46.2 Å². The molecule has 0 unspecified atom stereocenters. The zero-order chi connectivity index (χ0) is 17.5. The first-order valence-corrected chi connectivity index (χ1v) is 8.39. The number of thiocarbonyl (C=S) groups is 1. The van der Waals surface area contributed by atoms with Crippen molar-refractivity contribution in [1.29, 1.82) is 0 Å². The van der Waals surface area contributed by atoms with Gasteiger partial charge in [0.05, 0.1) is 13.7 Å². The molecule has 0 spiro atoms. The van der Waals surface area contributed by atoms with E-state index >= 15 is 0 Å². The molecule has 2 aromatic carbocycles. The Bertz CT molecular complexity index is 675. The van der Waals surface area contributed by atoms with E-state index in [1.165, 1.54) is 0 Å². The molecule has 0 saturated carbocycles. The fourth-order valence-electron chi connectivity index (χ4n) is 1.92. The SMILES string of the molecule is COc1ccc(OCCN(C)C(=S)Nc2cc(Cl)cc(Cl)c2)cc1. The van der Waals surface area contributed by atoms with Crippen LogP contribution in [0.2, 0.25) is 10.0 Å². The number of nitrogens with zero attached hydrogens (tertiary/aromatic N) is 1. The van der Waals surface area contributed by atoms with E-state index in [2.05, 4.69) is 5.32 Å². The molecule has 0 aromatic heterocycles. The summed E-state index contributed by atoms with van der Waals surface area (Å²) >= 11 is 17.3. The number of likely N-dealkylation sites (N-methyl/N-ethyl adjacent to an activating group) is 1. The molecule has 0 aliphatic carbocycles. The van der Waals surface area contributed by atoms with Crippen molar-refractivity contribution in [1.82, 2.24) is 4.90 Å². The first-order valence-electron chi connectivity index (χ1n) is 7.23. The van der Waals surface area contributed by atoms with Crippen LogP contribution in [0, 0.1) is 0 Å². The molecule has 2 rings (SSSR count). The van der Waals surface area contributed by atoms with Crippen LogP contribution < -0.4 is 14.8 Å². The van der Waals surface area contributed by atoms with Crippen LogP contribution in [-0.2, 0) is 0 Å². The second-order valence-corrected chi connectivity index (χ2v) is 6.29. The zero-order valence-corrected chi connectivity index (χ0v) is 15.7. The highest BCUT2D eigenvalue weighted by Crippen LogP contribution is 2.22. The van der Waals surface area contributed by atoms with Crippen molar-refractivity contribution in [2.24, 2.45) is 0 Å². The Morgan fingerprint density at radius 2 is 1.67 bits per heavy atom. The average molecular weight is 385 g/mol. The topological polar surface area (TPSA) is 33.7 Å². The van der Waals surface area contributed by atoms with Gasteiger partial charge in [0.2, 0.25) is 0 Å². The lowest BCUT2D eigenvalue weighted by atomic mass is 10.3. The summed E-state index contributed by atoms with van der Waals surface area (Å²) in [6.07, 6.45) is 0. The van der Waals surface area contributed by atoms with Gasteiger partial charge >= 0.3 is 0 Å². The summed E-state index contributed by atoms with van der Waals surface area (Å²) in [5.41, 5.74) is 0.750. The van der Waals surface area contributed by atoms with Gasteiger partial charge in [-0.15, -0.1) is 0 Å². The van der Waals surface area contributed by atoms with Crippen molar-refractivity contribution < 1.29 is 9.47 Å². The van der Waals surface area contributed by atoms with E-state index in [0.717, 1.165) is 17.2 Å². The van der Waals surface area contributed by atoms with Gasteiger partial charge in [0.25, 0.3) is 0 Å². The first kappa shape index (κ1) is 18.6. The summed E-state index contributed by atoms with van der Waals surface area (Å²) in [5.74, 6) is 1.58. The lowest BCUT2D eigenvalue weighted by Crippen LogP contribution is -2.34. The van der Waals surface area contributed by atoms with Gasteiger partial charge in [-0.25, -0.2) is 0 Å². The van der Waals surface area contributed by atoms with Gasteiger partial charge < -0.3 is 19.7 Å². The minimum Gasteiger partial charge on any atom is -0.497 e. The fourth-order valence-corrected chi connectivity index (χ4v) is 2.65. The molecule has 0 amide bonds. The molecular formula is C17H18Cl2N2O2S. The summed E-state index contributed by atoms with van der Waals surface area (Å²) in [7, 11) is 3.52. The van der Waals surface area contributed by atoms with E-state index < -0.39 is 0 Å². The third-order valence-corrected chi connectivity index (χ3v) is 4.07. The van der Waals surface area contributed by atoms with Gasteiger partial charge in [0.15, 0.2) is 5.11 Å². The first-order chi connectivity index (χ1) is 11.5. The Balaban J connectivity index is 1.80. The molecule has 0 fully saturated rings. The molecular weight excluding hydrogens is 367 g/mol. The van der Waals surface area contributed by atoms with Crippen LogP contribution in [0.15, 0.2) is 42.5 Å². The van der Waals surface area contributed by atoms with Crippen LogP contribution in [0.5, 0.6) is 11.5 Å². The summed E-state index contributed by atoms with van der Waals surface area (Å²) in [6.45, 7) is 1.13. The predicted molar refractivity (Wildman–Crippen MR) is 104 cm³/mol. The summed E-state index contributed by atoms with van der Waals surface area (Å²) < 4.78 is 10.8. The third-order valence-electron chi connectivity index (χ3n) is 3.22. The lowest BCUT2D eigenvalue weighted by Gasteiger charge is -2.21. The second-order valence-electron chi connectivity index (χ2n) is 5.03. The number of methoxy groups -OCH3 is 1. The second kappa shape index (κ2) is 8.97. The van der Waals surface area contributed by atoms with E-state index in [0.29, 0.717) is 28.3 Å². The number of rotatable bonds is 6. The number of hydrogen-bond acceptors (Lipinski definition) is 3. The molecule has 0 radical (unpaired) electrons. The molecule has 0 atom stereocenters. The molecule has 0 aliphatic heterocycles. The minimum absolute atomic E-state index is 0.501. The summed E-state index contributed by atoms with van der Waals surface area (Å²) in [6, 6.07) is 12.6. The van der Waals surface area contributed by atoms with E-state index in [9.17, 15) is 0 Å². The monoisotopic (exact) mass is 384 g/mol. The maximum atomic E-state index is 5.98. The summed E-state index contributed by atoms with van der Waals surface area (Å²) in [4.78, 5) is 1.88. The average Bonchev–Trinajstić information content (AvgIpc) is 2.54. The molecule has 0 heterocycles. The lowest BCUT2D eigenvalue weighted by molar-refractivity contribution is 0.285. The zero-order valence-electron chi connectivity index (χ0n) is 13.4. The van der Waals surface area contributed by atoms with Crippen molar-refractivity contribution in [2.45, 2.75) is 0 Å². The largest absolute Gasteiger partial charge is 0.497 e. The van der Waals surface area contributed by atoms with Crippen molar-refractivity contribution in [3.05, 3.63) is 52.5 Å². The van der Waals surface area contributed by atoms with Gasteiger partial charge in [-0.05, 0) is 54.7 Å². The molecule has 0 aliphatic rings. The highest BCUT2D eigenvalue weighted by Gasteiger charge is 2.06. The Hall–Kier alpha value is -1.69. The quantitative estimate of drug-likeness (QED) is 0.729. The van der Waals surface area contributed by atoms with E-state index in [4.69, 9.17) is 44.9 Å². The molecule has 128 valence electrons. The molecule has 2 aromatic rings. The van der Waals surface area contributed by atoms with E-state index in [-0.39, 0.29) is 0 Å². The number of anilines is 1. The fraction of sp³-hybridized carbons (Fsp3) is 0.235. The highest BCUT2D eigenvalue weighted by molar-refractivity contribution is 7.80. The van der Waals surface area contributed by atoms with Gasteiger partial charge in [-0.2, -0.15) is 0 Å². The Morgan fingerprint density at radius 1 is 1.08 bits per heavy atom. The van der Waals surface area contributed by atoms with Crippen LogP contribution >= 0.6 is 35.4 Å². The minimum atomic E-state index is 0.501.